The summed E-state index contributed by atoms with van der Waals surface area (Å²) < 4.78 is 34.1. The van der Waals surface area contributed by atoms with Crippen molar-refractivity contribution in [2.75, 3.05) is 0 Å². The van der Waals surface area contributed by atoms with Crippen LogP contribution in [0.4, 0.5) is 0 Å². The molecule has 0 aliphatic carbocycles. The second-order valence-corrected chi connectivity index (χ2v) is 1.22. The summed E-state index contributed by atoms with van der Waals surface area (Å²) in [5.41, 5.74) is 0. The molecule has 0 saturated heterocycles. The Morgan fingerprint density at radius 2 is 1.17 bits per heavy atom. The van der Waals surface area contributed by atoms with Gasteiger partial charge >= 0.3 is 0 Å². The quantitative estimate of drug-likeness (QED) is 0.400. The first-order valence-electron chi connectivity index (χ1n) is 0.667. The smallest absolute Gasteiger partial charge is 0.0311 e. The molecule has 0 bridgehead atoms. The van der Waals surface area contributed by atoms with Gasteiger partial charge in [-0.25, -0.2) is 0 Å². The molecule has 6 heavy (non-hydrogen) atoms. The van der Waals surface area contributed by atoms with Crippen LogP contribution < -0.4 is 0 Å². The standard InChI is InChI=1S/Er.H2O4S/c;1-5(2,3)4/h;(H2,1,2,3,4)/p-2. The first-order valence-corrected chi connectivity index (χ1v) is 2.00. The maximum atomic E-state index is 8.52. The first kappa shape index (κ1) is 10.2. The Morgan fingerprint density at radius 3 is 1.17 bits per heavy atom. The molecule has 0 heterocycles. The Balaban J connectivity index is 0. The third kappa shape index (κ3) is 69.5. The molecule has 0 radical (unpaired) electrons. The molecule has 0 unspecified atom stereocenters. The minimum atomic E-state index is -5.17. The van der Waals surface area contributed by atoms with Gasteiger partial charge in [0.2, 0.25) is 0 Å². The molecule has 0 saturated carbocycles. The van der Waals surface area contributed by atoms with Crippen LogP contribution in [0, 0.1) is 37.3 Å². The van der Waals surface area contributed by atoms with E-state index in [1.54, 1.807) is 0 Å². The van der Waals surface area contributed by atoms with Crippen LogP contribution in [-0.4, -0.2) is 17.5 Å². The fraction of sp³-hybridized carbons (Fsp3) is 0. The number of hydrogen-bond donors (Lipinski definition) is 0. The molecule has 0 rings (SSSR count). The van der Waals surface area contributed by atoms with E-state index in [9.17, 15) is 0 Å². The van der Waals surface area contributed by atoms with Crippen molar-refractivity contribution in [3.05, 3.63) is 0 Å². The summed E-state index contributed by atoms with van der Waals surface area (Å²) in [6.07, 6.45) is 0. The summed E-state index contributed by atoms with van der Waals surface area (Å²) in [5, 5.41) is 0. The monoisotopic (exact) mass is 262 g/mol. The predicted molar refractivity (Wildman–Crippen MR) is 10.5 cm³/mol. The van der Waals surface area contributed by atoms with Crippen molar-refractivity contribution < 1.29 is 54.8 Å². The van der Waals surface area contributed by atoms with Crippen LogP contribution >= 0.6 is 0 Å². The molecule has 0 aromatic heterocycles. The molecule has 0 spiro atoms. The molecule has 44 valence electrons. The van der Waals surface area contributed by atoms with Crippen molar-refractivity contribution in [1.82, 2.24) is 0 Å². The molecule has 4 nitrogen and oxygen atoms in total. The summed E-state index contributed by atoms with van der Waals surface area (Å²) in [7, 11) is -5.17. The number of hydrogen-bond acceptors (Lipinski definition) is 4. The summed E-state index contributed by atoms with van der Waals surface area (Å²) in [6, 6.07) is 0. The topological polar surface area (TPSA) is 80.3 Å². The molecule has 0 N–H and O–H groups in total. The minimum absolute atomic E-state index is 0. The molecule has 0 amide bonds. The van der Waals surface area contributed by atoms with Gasteiger partial charge in [0.05, 0.1) is 0 Å². The fourth-order valence-corrected chi connectivity index (χ4v) is 0. The van der Waals surface area contributed by atoms with Crippen molar-refractivity contribution in [2.45, 2.75) is 0 Å². The van der Waals surface area contributed by atoms with E-state index in [0.29, 0.717) is 0 Å². The molecule has 0 aliphatic heterocycles. The maximum Gasteiger partial charge on any atom is 0.0311 e. The molecule has 6 heteroatoms. The zero-order chi connectivity index (χ0) is 4.50. The van der Waals surface area contributed by atoms with Crippen molar-refractivity contribution in [2.24, 2.45) is 0 Å². The third-order valence-electron chi connectivity index (χ3n) is 0. The third-order valence-corrected chi connectivity index (χ3v) is 0. The summed E-state index contributed by atoms with van der Waals surface area (Å²) >= 11 is 0. The van der Waals surface area contributed by atoms with Gasteiger partial charge in [0.25, 0.3) is 0 Å². The zero-order valence-electron chi connectivity index (χ0n) is 2.33. The maximum absolute atomic E-state index is 8.52. The van der Waals surface area contributed by atoms with Gasteiger partial charge in [0, 0.05) is 47.7 Å². The van der Waals surface area contributed by atoms with E-state index in [-0.39, 0.29) is 37.3 Å². The van der Waals surface area contributed by atoms with E-state index in [2.05, 4.69) is 0 Å². The molecule has 0 aromatic carbocycles. The average Bonchev–Trinajstić information content (AvgIpc) is 0.722. The molecular weight excluding hydrogens is 263 g/mol. The van der Waals surface area contributed by atoms with Gasteiger partial charge in [-0.2, -0.15) is 0 Å². The largest absolute Gasteiger partial charge is 0.759 e. The van der Waals surface area contributed by atoms with Crippen LogP contribution in [0.3, 0.4) is 0 Å². The Hall–Kier alpha value is 1.12. The second kappa shape index (κ2) is 3.16. The first-order chi connectivity index (χ1) is 2.00. The van der Waals surface area contributed by atoms with E-state index in [4.69, 9.17) is 17.5 Å². The summed E-state index contributed by atoms with van der Waals surface area (Å²) in [5.74, 6) is 0. The Bertz CT molecular complexity index is 90.7. The van der Waals surface area contributed by atoms with Crippen LogP contribution in [0.15, 0.2) is 0 Å². The van der Waals surface area contributed by atoms with Gasteiger partial charge in [-0.15, -0.1) is 0 Å². The number of rotatable bonds is 0. The van der Waals surface area contributed by atoms with Gasteiger partial charge in [-0.1, -0.05) is 0 Å². The average molecular weight is 263 g/mol. The van der Waals surface area contributed by atoms with Crippen LogP contribution in [0.25, 0.3) is 0 Å². The summed E-state index contributed by atoms with van der Waals surface area (Å²) in [4.78, 5) is 0. The van der Waals surface area contributed by atoms with Crippen molar-refractivity contribution in [3.8, 4) is 0 Å². The molecule has 0 aliphatic rings. The van der Waals surface area contributed by atoms with Crippen LogP contribution in [0.2, 0.25) is 0 Å². The van der Waals surface area contributed by atoms with Gasteiger partial charge < -0.3 is 9.11 Å². The molecule has 0 aromatic rings. The predicted octanol–water partition coefficient (Wildman–Crippen LogP) is -1.34. The Kier molecular flexibility index (Phi) is 5.36. The Labute approximate surface area is 64.7 Å². The van der Waals surface area contributed by atoms with Gasteiger partial charge in [0.1, 0.15) is 0 Å². The van der Waals surface area contributed by atoms with E-state index in [1.165, 1.54) is 0 Å². The van der Waals surface area contributed by atoms with Gasteiger partial charge in [0.15, 0.2) is 0 Å². The normalized spacial score (nSPS) is 9.67. The fourth-order valence-electron chi connectivity index (χ4n) is 0. The van der Waals surface area contributed by atoms with Gasteiger partial charge in [-0.05, 0) is 0 Å². The van der Waals surface area contributed by atoms with Gasteiger partial charge in [-0.3, -0.25) is 8.42 Å². The van der Waals surface area contributed by atoms with Crippen molar-refractivity contribution in [1.29, 1.82) is 0 Å². The van der Waals surface area contributed by atoms with Crippen LogP contribution in [-0.2, 0) is 10.4 Å². The Morgan fingerprint density at radius 1 is 1.17 bits per heavy atom. The van der Waals surface area contributed by atoms with Crippen molar-refractivity contribution in [3.63, 3.8) is 0 Å². The van der Waals surface area contributed by atoms with Crippen molar-refractivity contribution >= 4 is 10.4 Å². The van der Waals surface area contributed by atoms with E-state index in [1.807, 2.05) is 0 Å². The molecule has 0 fully saturated rings. The zero-order valence-corrected chi connectivity index (χ0v) is 5.00. The van der Waals surface area contributed by atoms with Crippen LogP contribution in [0.1, 0.15) is 0 Å². The summed E-state index contributed by atoms with van der Waals surface area (Å²) in [6.45, 7) is 0. The van der Waals surface area contributed by atoms with E-state index < -0.39 is 10.4 Å². The SMILES string of the molecule is O=S(=O)([O-])[O-].[Er]. The molecular formula is ErO4S-2. The van der Waals surface area contributed by atoms with Crippen LogP contribution in [0.5, 0.6) is 0 Å². The minimum Gasteiger partial charge on any atom is -0.759 e. The van der Waals surface area contributed by atoms with E-state index >= 15 is 0 Å². The second-order valence-electron chi connectivity index (χ2n) is 0.408. The van der Waals surface area contributed by atoms with E-state index in [0.717, 1.165) is 0 Å². The molecule has 0 atom stereocenters.